The van der Waals surface area contributed by atoms with E-state index >= 15 is 0 Å². The highest BCUT2D eigenvalue weighted by atomic mass is 16.5. The number of hydrogen-bond donors (Lipinski definition) is 1. The van der Waals surface area contributed by atoms with Gasteiger partial charge in [-0.1, -0.05) is 18.2 Å². The van der Waals surface area contributed by atoms with Crippen LogP contribution in [0.3, 0.4) is 0 Å². The summed E-state index contributed by atoms with van der Waals surface area (Å²) >= 11 is 0. The van der Waals surface area contributed by atoms with Gasteiger partial charge in [-0.3, -0.25) is 9.59 Å². The van der Waals surface area contributed by atoms with Crippen molar-refractivity contribution in [3.8, 4) is 5.75 Å². The molecule has 1 fully saturated rings. The third kappa shape index (κ3) is 2.35. The molecule has 2 heterocycles. The molecule has 5 nitrogen and oxygen atoms in total. The quantitative estimate of drug-likeness (QED) is 0.878. The number of carbonyl (C=O) groups is 2. The number of nitrogens with zero attached hydrogens (tertiary/aromatic N) is 1. The summed E-state index contributed by atoms with van der Waals surface area (Å²) in [5.41, 5.74) is 1.02. The van der Waals surface area contributed by atoms with Gasteiger partial charge in [0.05, 0.1) is 18.6 Å². The van der Waals surface area contributed by atoms with Gasteiger partial charge in [0, 0.05) is 32.0 Å². The number of fused-ring (bicyclic) bond motifs is 1. The van der Waals surface area contributed by atoms with Crippen LogP contribution in [0.4, 0.5) is 0 Å². The second-order valence-electron chi connectivity index (χ2n) is 5.41. The molecule has 0 saturated carbocycles. The predicted molar refractivity (Wildman–Crippen MR) is 73.2 cm³/mol. The van der Waals surface area contributed by atoms with Crippen LogP contribution in [0.1, 0.15) is 24.4 Å². The van der Waals surface area contributed by atoms with Crippen molar-refractivity contribution in [3.63, 3.8) is 0 Å². The molecule has 2 atom stereocenters. The molecule has 106 valence electrons. The molecule has 0 bridgehead atoms. The monoisotopic (exact) mass is 274 g/mol. The van der Waals surface area contributed by atoms with Crippen LogP contribution in [-0.2, 0) is 9.59 Å². The van der Waals surface area contributed by atoms with Crippen molar-refractivity contribution in [2.24, 2.45) is 5.92 Å². The van der Waals surface area contributed by atoms with Gasteiger partial charge in [-0.05, 0) is 6.07 Å². The van der Waals surface area contributed by atoms with E-state index < -0.39 is 0 Å². The summed E-state index contributed by atoms with van der Waals surface area (Å²) in [4.78, 5) is 25.4. The van der Waals surface area contributed by atoms with Gasteiger partial charge in [0.2, 0.25) is 11.8 Å². The molecule has 0 spiro atoms. The van der Waals surface area contributed by atoms with Gasteiger partial charge in [-0.15, -0.1) is 0 Å². The molecule has 0 unspecified atom stereocenters. The zero-order chi connectivity index (χ0) is 14.1. The molecule has 5 heteroatoms. The second kappa shape index (κ2) is 5.15. The first-order chi connectivity index (χ1) is 9.65. The molecule has 0 aliphatic carbocycles. The number of rotatable bonds is 2. The highest BCUT2D eigenvalue weighted by molar-refractivity contribution is 5.89. The van der Waals surface area contributed by atoms with Crippen LogP contribution in [0, 0.1) is 5.92 Å². The van der Waals surface area contributed by atoms with E-state index in [1.807, 2.05) is 24.3 Å². The Balaban J connectivity index is 1.70. The standard InChI is InChI=1S/C15H18N2O3/c1-17-9-10(8-14(17)18)15(19)16-12-6-7-20-13-5-3-2-4-11(12)13/h2-5,10,12H,6-9H2,1H3,(H,16,19)/t10-,12-/m0/s1. The summed E-state index contributed by atoms with van der Waals surface area (Å²) in [6.07, 6.45) is 1.08. The lowest BCUT2D eigenvalue weighted by molar-refractivity contribution is -0.128. The Morgan fingerprint density at radius 2 is 2.20 bits per heavy atom. The lowest BCUT2D eigenvalue weighted by Gasteiger charge is -2.27. The number of benzene rings is 1. The molecule has 2 amide bonds. The van der Waals surface area contributed by atoms with Crippen LogP contribution in [0.5, 0.6) is 5.75 Å². The molecule has 0 radical (unpaired) electrons. The van der Waals surface area contributed by atoms with Gasteiger partial charge in [-0.25, -0.2) is 0 Å². The first-order valence-corrected chi connectivity index (χ1v) is 6.91. The molecule has 1 aromatic rings. The van der Waals surface area contributed by atoms with Crippen molar-refractivity contribution < 1.29 is 14.3 Å². The summed E-state index contributed by atoms with van der Waals surface area (Å²) in [5, 5.41) is 3.06. The largest absolute Gasteiger partial charge is 0.493 e. The Labute approximate surface area is 117 Å². The minimum atomic E-state index is -0.234. The maximum atomic E-state index is 12.3. The minimum absolute atomic E-state index is 0.0199. The van der Waals surface area contributed by atoms with E-state index in [4.69, 9.17) is 4.74 Å². The Morgan fingerprint density at radius 3 is 2.95 bits per heavy atom. The molecule has 2 aliphatic rings. The summed E-state index contributed by atoms with van der Waals surface area (Å²) in [6.45, 7) is 1.11. The van der Waals surface area contributed by atoms with Crippen molar-refractivity contribution in [3.05, 3.63) is 29.8 Å². The van der Waals surface area contributed by atoms with Crippen molar-refractivity contribution in [2.45, 2.75) is 18.9 Å². The first kappa shape index (κ1) is 13.0. The van der Waals surface area contributed by atoms with E-state index in [-0.39, 0.29) is 23.8 Å². The summed E-state index contributed by atoms with van der Waals surface area (Å²) in [6, 6.07) is 7.74. The second-order valence-corrected chi connectivity index (χ2v) is 5.41. The van der Waals surface area contributed by atoms with Gasteiger partial charge in [-0.2, -0.15) is 0 Å². The molecule has 1 N–H and O–H groups in total. The highest BCUT2D eigenvalue weighted by Gasteiger charge is 2.34. The Hall–Kier alpha value is -2.04. The Kier molecular flexibility index (Phi) is 3.34. The zero-order valence-electron chi connectivity index (χ0n) is 11.5. The summed E-state index contributed by atoms with van der Waals surface area (Å²) in [5.74, 6) is 0.605. The third-order valence-corrected chi connectivity index (χ3v) is 3.99. The maximum absolute atomic E-state index is 12.3. The zero-order valence-corrected chi connectivity index (χ0v) is 11.5. The van der Waals surface area contributed by atoms with E-state index in [1.165, 1.54) is 0 Å². The lowest BCUT2D eigenvalue weighted by atomic mass is 9.99. The van der Waals surface area contributed by atoms with Crippen LogP contribution in [0.15, 0.2) is 24.3 Å². The fourth-order valence-corrected chi connectivity index (χ4v) is 2.82. The maximum Gasteiger partial charge on any atom is 0.225 e. The number of carbonyl (C=O) groups excluding carboxylic acids is 2. The van der Waals surface area contributed by atoms with Crippen molar-refractivity contribution in [1.82, 2.24) is 10.2 Å². The SMILES string of the molecule is CN1C[C@@H](C(=O)N[C@H]2CCOc3ccccc32)CC1=O. The Bertz CT molecular complexity index is 544. The average Bonchev–Trinajstić information content (AvgIpc) is 2.79. The fourth-order valence-electron chi connectivity index (χ4n) is 2.82. The fraction of sp³-hybridized carbons (Fsp3) is 0.467. The summed E-state index contributed by atoms with van der Waals surface area (Å²) in [7, 11) is 1.74. The molecular formula is C15H18N2O3. The molecule has 3 rings (SSSR count). The van der Waals surface area contributed by atoms with Crippen LogP contribution >= 0.6 is 0 Å². The molecule has 0 aromatic heterocycles. The number of para-hydroxylation sites is 1. The van der Waals surface area contributed by atoms with E-state index in [0.29, 0.717) is 19.6 Å². The summed E-state index contributed by atoms with van der Waals surface area (Å²) < 4.78 is 5.58. The smallest absolute Gasteiger partial charge is 0.225 e. The van der Waals surface area contributed by atoms with E-state index in [9.17, 15) is 9.59 Å². The van der Waals surface area contributed by atoms with E-state index in [2.05, 4.69) is 5.32 Å². The van der Waals surface area contributed by atoms with Crippen molar-refractivity contribution in [1.29, 1.82) is 0 Å². The third-order valence-electron chi connectivity index (χ3n) is 3.99. The van der Waals surface area contributed by atoms with Gasteiger partial charge in [0.1, 0.15) is 5.75 Å². The van der Waals surface area contributed by atoms with Crippen LogP contribution in [-0.4, -0.2) is 36.9 Å². The van der Waals surface area contributed by atoms with E-state index in [1.54, 1.807) is 11.9 Å². The average molecular weight is 274 g/mol. The van der Waals surface area contributed by atoms with Crippen molar-refractivity contribution in [2.75, 3.05) is 20.2 Å². The molecule has 20 heavy (non-hydrogen) atoms. The molecule has 1 saturated heterocycles. The normalized spacial score (nSPS) is 25.1. The van der Waals surface area contributed by atoms with E-state index in [0.717, 1.165) is 17.7 Å². The van der Waals surface area contributed by atoms with Crippen LogP contribution in [0.25, 0.3) is 0 Å². The minimum Gasteiger partial charge on any atom is -0.493 e. The number of ether oxygens (including phenoxy) is 1. The Morgan fingerprint density at radius 1 is 1.40 bits per heavy atom. The first-order valence-electron chi connectivity index (χ1n) is 6.91. The number of nitrogens with one attached hydrogen (secondary N) is 1. The molecule has 2 aliphatic heterocycles. The lowest BCUT2D eigenvalue weighted by Crippen LogP contribution is -2.37. The number of likely N-dealkylation sites (tertiary alicyclic amines) is 1. The van der Waals surface area contributed by atoms with Gasteiger partial charge in [0.15, 0.2) is 0 Å². The molecular weight excluding hydrogens is 256 g/mol. The predicted octanol–water partition coefficient (Wildman–Crippen LogP) is 1.10. The van der Waals surface area contributed by atoms with Gasteiger partial charge >= 0.3 is 0 Å². The highest BCUT2D eigenvalue weighted by Crippen LogP contribution is 2.32. The van der Waals surface area contributed by atoms with Crippen LogP contribution in [0.2, 0.25) is 0 Å². The van der Waals surface area contributed by atoms with Crippen LogP contribution < -0.4 is 10.1 Å². The van der Waals surface area contributed by atoms with Crippen molar-refractivity contribution >= 4 is 11.8 Å². The number of amides is 2. The topological polar surface area (TPSA) is 58.6 Å². The van der Waals surface area contributed by atoms with Gasteiger partial charge < -0.3 is 15.0 Å². The number of hydrogen-bond acceptors (Lipinski definition) is 3. The van der Waals surface area contributed by atoms with Gasteiger partial charge in [0.25, 0.3) is 0 Å². The molecule has 1 aromatic carbocycles.